The van der Waals surface area contributed by atoms with Crippen LogP contribution >= 0.6 is 0 Å². The van der Waals surface area contributed by atoms with Crippen molar-refractivity contribution in [3.63, 3.8) is 0 Å². The number of ether oxygens (including phenoxy) is 2. The molecular weight excluding hydrogens is 220 g/mol. The summed E-state index contributed by atoms with van der Waals surface area (Å²) in [7, 11) is 1.82. The lowest BCUT2D eigenvalue weighted by Crippen LogP contribution is -2.26. The van der Waals surface area contributed by atoms with Gasteiger partial charge in [-0.05, 0) is 24.7 Å². The van der Waals surface area contributed by atoms with Crippen LogP contribution < -0.4 is 20.1 Å². The Morgan fingerprint density at radius 2 is 2.18 bits per heavy atom. The Balaban J connectivity index is 1.85. The van der Waals surface area contributed by atoms with Gasteiger partial charge in [-0.3, -0.25) is 4.79 Å². The van der Waals surface area contributed by atoms with Crippen LogP contribution in [0.15, 0.2) is 18.2 Å². The van der Waals surface area contributed by atoms with E-state index in [0.29, 0.717) is 19.5 Å². The fraction of sp³-hybridized carbons (Fsp3) is 0.417. The summed E-state index contributed by atoms with van der Waals surface area (Å²) in [6.45, 7) is 1.47. The first kappa shape index (κ1) is 11.7. The number of carbonyl (C=O) groups is 1. The second-order valence-corrected chi connectivity index (χ2v) is 3.82. The van der Waals surface area contributed by atoms with Gasteiger partial charge in [-0.2, -0.15) is 0 Å². The van der Waals surface area contributed by atoms with Crippen LogP contribution in [0.4, 0.5) is 0 Å². The van der Waals surface area contributed by atoms with E-state index in [2.05, 4.69) is 10.6 Å². The number of rotatable bonds is 5. The normalized spacial score (nSPS) is 12.5. The molecule has 0 aliphatic carbocycles. The number of amides is 1. The lowest BCUT2D eigenvalue weighted by atomic mass is 10.2. The minimum absolute atomic E-state index is 0.0389. The summed E-state index contributed by atoms with van der Waals surface area (Å²) in [4.78, 5) is 11.4. The summed E-state index contributed by atoms with van der Waals surface area (Å²) in [6.07, 6.45) is 0.487. The predicted molar refractivity (Wildman–Crippen MR) is 63.0 cm³/mol. The van der Waals surface area contributed by atoms with Crippen LogP contribution in [0.2, 0.25) is 0 Å². The molecule has 1 aromatic carbocycles. The van der Waals surface area contributed by atoms with Crippen molar-refractivity contribution in [2.24, 2.45) is 0 Å². The zero-order valence-electron chi connectivity index (χ0n) is 9.79. The molecule has 0 atom stereocenters. The molecule has 0 saturated carbocycles. The highest BCUT2D eigenvalue weighted by atomic mass is 16.7. The molecule has 2 rings (SSSR count). The third-order valence-electron chi connectivity index (χ3n) is 2.53. The molecule has 0 fully saturated rings. The molecule has 17 heavy (non-hydrogen) atoms. The average Bonchev–Trinajstić information content (AvgIpc) is 2.81. The fourth-order valence-corrected chi connectivity index (χ4v) is 1.58. The summed E-state index contributed by atoms with van der Waals surface area (Å²) >= 11 is 0. The lowest BCUT2D eigenvalue weighted by Gasteiger charge is -2.06. The highest BCUT2D eigenvalue weighted by molar-refractivity contribution is 5.76. The Morgan fingerprint density at radius 1 is 1.35 bits per heavy atom. The van der Waals surface area contributed by atoms with Crippen molar-refractivity contribution < 1.29 is 14.3 Å². The SMILES string of the molecule is CNCCC(=O)NCc1ccc2c(c1)OCO2. The topological polar surface area (TPSA) is 59.6 Å². The van der Waals surface area contributed by atoms with Gasteiger partial charge < -0.3 is 20.1 Å². The van der Waals surface area contributed by atoms with E-state index in [1.165, 1.54) is 0 Å². The number of fused-ring (bicyclic) bond motifs is 1. The largest absolute Gasteiger partial charge is 0.454 e. The van der Waals surface area contributed by atoms with Crippen molar-refractivity contribution in [3.05, 3.63) is 23.8 Å². The number of hydrogen-bond acceptors (Lipinski definition) is 4. The highest BCUT2D eigenvalue weighted by Gasteiger charge is 2.13. The molecule has 2 N–H and O–H groups in total. The van der Waals surface area contributed by atoms with Gasteiger partial charge in [-0.1, -0.05) is 6.07 Å². The summed E-state index contributed by atoms with van der Waals surface area (Å²) in [6, 6.07) is 5.67. The number of carbonyl (C=O) groups excluding carboxylic acids is 1. The van der Waals surface area contributed by atoms with Crippen LogP contribution in [0.1, 0.15) is 12.0 Å². The van der Waals surface area contributed by atoms with Gasteiger partial charge >= 0.3 is 0 Å². The zero-order valence-corrected chi connectivity index (χ0v) is 9.79. The summed E-state index contributed by atoms with van der Waals surface area (Å²) in [5, 5.41) is 5.78. The van der Waals surface area contributed by atoms with Crippen molar-refractivity contribution in [1.82, 2.24) is 10.6 Å². The molecule has 1 amide bonds. The van der Waals surface area contributed by atoms with Crippen molar-refractivity contribution in [2.75, 3.05) is 20.4 Å². The smallest absolute Gasteiger partial charge is 0.231 e. The van der Waals surface area contributed by atoms with Gasteiger partial charge in [0, 0.05) is 19.5 Å². The second kappa shape index (κ2) is 5.54. The van der Waals surface area contributed by atoms with Crippen molar-refractivity contribution >= 4 is 5.91 Å². The number of hydrogen-bond donors (Lipinski definition) is 2. The van der Waals surface area contributed by atoms with E-state index in [-0.39, 0.29) is 12.7 Å². The molecular formula is C12H16N2O3. The van der Waals surface area contributed by atoms with Gasteiger partial charge in [-0.15, -0.1) is 0 Å². The first-order chi connectivity index (χ1) is 8.29. The zero-order chi connectivity index (χ0) is 12.1. The predicted octanol–water partition coefficient (Wildman–Crippen LogP) is 0.641. The number of benzene rings is 1. The van der Waals surface area contributed by atoms with Crippen molar-refractivity contribution in [3.8, 4) is 11.5 Å². The van der Waals surface area contributed by atoms with Gasteiger partial charge in [0.15, 0.2) is 11.5 Å². The van der Waals surface area contributed by atoms with E-state index in [0.717, 1.165) is 17.1 Å². The van der Waals surface area contributed by atoms with Crippen LogP contribution in [0.25, 0.3) is 0 Å². The Labute approximate surface area is 100 Å². The van der Waals surface area contributed by atoms with Gasteiger partial charge in [0.25, 0.3) is 0 Å². The summed E-state index contributed by atoms with van der Waals surface area (Å²) in [5.41, 5.74) is 1.01. The molecule has 1 aliphatic heterocycles. The van der Waals surface area contributed by atoms with Crippen LogP contribution in [0, 0.1) is 0 Å². The molecule has 0 radical (unpaired) electrons. The molecule has 92 valence electrons. The Bertz CT molecular complexity index is 407. The first-order valence-corrected chi connectivity index (χ1v) is 5.59. The molecule has 1 aliphatic rings. The molecule has 0 spiro atoms. The second-order valence-electron chi connectivity index (χ2n) is 3.82. The van der Waals surface area contributed by atoms with E-state index in [1.54, 1.807) is 0 Å². The third kappa shape index (κ3) is 3.10. The molecule has 0 bridgehead atoms. The molecule has 0 unspecified atom stereocenters. The fourth-order valence-electron chi connectivity index (χ4n) is 1.58. The Kier molecular flexibility index (Phi) is 3.82. The highest BCUT2D eigenvalue weighted by Crippen LogP contribution is 2.32. The Hall–Kier alpha value is -1.75. The third-order valence-corrected chi connectivity index (χ3v) is 2.53. The van der Waals surface area contributed by atoms with Gasteiger partial charge in [0.2, 0.25) is 12.7 Å². The van der Waals surface area contributed by atoms with Crippen LogP contribution in [0.5, 0.6) is 11.5 Å². The summed E-state index contributed by atoms with van der Waals surface area (Å²) in [5.74, 6) is 1.54. The average molecular weight is 236 g/mol. The molecule has 0 aromatic heterocycles. The molecule has 5 nitrogen and oxygen atoms in total. The van der Waals surface area contributed by atoms with Gasteiger partial charge in [0.05, 0.1) is 0 Å². The van der Waals surface area contributed by atoms with Gasteiger partial charge in [-0.25, -0.2) is 0 Å². The van der Waals surface area contributed by atoms with Crippen LogP contribution in [-0.2, 0) is 11.3 Å². The van der Waals surface area contributed by atoms with Crippen molar-refractivity contribution in [1.29, 1.82) is 0 Å². The summed E-state index contributed by atoms with van der Waals surface area (Å²) < 4.78 is 10.5. The molecule has 1 aromatic rings. The maximum Gasteiger partial charge on any atom is 0.231 e. The van der Waals surface area contributed by atoms with E-state index < -0.39 is 0 Å². The van der Waals surface area contributed by atoms with Crippen LogP contribution in [-0.4, -0.2) is 26.3 Å². The van der Waals surface area contributed by atoms with E-state index in [9.17, 15) is 4.79 Å². The standard InChI is InChI=1S/C12H16N2O3/c1-13-5-4-12(15)14-7-9-2-3-10-11(6-9)17-8-16-10/h2-3,6,13H,4-5,7-8H2,1H3,(H,14,15). The minimum Gasteiger partial charge on any atom is -0.454 e. The molecule has 1 heterocycles. The lowest BCUT2D eigenvalue weighted by molar-refractivity contribution is -0.121. The quantitative estimate of drug-likeness (QED) is 0.787. The van der Waals surface area contributed by atoms with Crippen molar-refractivity contribution in [2.45, 2.75) is 13.0 Å². The maximum absolute atomic E-state index is 11.4. The number of nitrogens with one attached hydrogen (secondary N) is 2. The van der Waals surface area contributed by atoms with E-state index in [4.69, 9.17) is 9.47 Å². The van der Waals surface area contributed by atoms with E-state index in [1.807, 2.05) is 25.2 Å². The monoisotopic (exact) mass is 236 g/mol. The first-order valence-electron chi connectivity index (χ1n) is 5.59. The van der Waals surface area contributed by atoms with Gasteiger partial charge in [0.1, 0.15) is 0 Å². The minimum atomic E-state index is 0.0389. The van der Waals surface area contributed by atoms with Crippen LogP contribution in [0.3, 0.4) is 0 Å². The Morgan fingerprint density at radius 3 is 3.00 bits per heavy atom. The maximum atomic E-state index is 11.4. The van der Waals surface area contributed by atoms with E-state index >= 15 is 0 Å². The molecule has 0 saturated heterocycles. The molecule has 5 heteroatoms.